The Morgan fingerprint density at radius 1 is 1.07 bits per heavy atom. The van der Waals surface area contributed by atoms with Gasteiger partial charge in [0.15, 0.2) is 5.43 Å². The number of anilines is 2. The van der Waals surface area contributed by atoms with Crippen molar-refractivity contribution in [2.24, 2.45) is 0 Å². The number of nitrogen functional groups attached to an aromatic ring is 1. The molecule has 0 saturated heterocycles. The molecule has 0 amide bonds. The van der Waals surface area contributed by atoms with Crippen molar-refractivity contribution in [1.82, 2.24) is 4.98 Å². The van der Waals surface area contributed by atoms with Gasteiger partial charge in [-0.3, -0.25) is 9.78 Å². The van der Waals surface area contributed by atoms with Gasteiger partial charge in [-0.1, -0.05) is 18.2 Å². The molecule has 5 heteroatoms. The normalized spacial score (nSPS) is 10.9. The van der Waals surface area contributed by atoms with Gasteiger partial charge in [-0.15, -0.1) is 0 Å². The molecule has 0 bridgehead atoms. The van der Waals surface area contributed by atoms with Gasteiger partial charge in [-0.05, 0) is 54.8 Å². The minimum Gasteiger partial charge on any atom is -0.456 e. The van der Waals surface area contributed by atoms with E-state index in [2.05, 4.69) is 16.4 Å². The van der Waals surface area contributed by atoms with Crippen LogP contribution in [0.4, 0.5) is 11.4 Å². The number of aryl methyl sites for hydroxylation is 1. The average molecular weight is 371 g/mol. The summed E-state index contributed by atoms with van der Waals surface area (Å²) >= 11 is 0. The third-order valence-electron chi connectivity index (χ3n) is 4.69. The summed E-state index contributed by atoms with van der Waals surface area (Å²) in [5.74, 6) is 0.547. The van der Waals surface area contributed by atoms with E-state index < -0.39 is 0 Å². The number of fused-ring (bicyclic) bond motifs is 1. The average Bonchev–Trinajstić information content (AvgIpc) is 2.70. The van der Waals surface area contributed by atoms with Gasteiger partial charge in [0.25, 0.3) is 0 Å². The second-order valence-corrected chi connectivity index (χ2v) is 6.78. The lowest BCUT2D eigenvalue weighted by atomic mass is 10.0. The van der Waals surface area contributed by atoms with Gasteiger partial charge in [0.1, 0.15) is 11.3 Å². The lowest BCUT2D eigenvalue weighted by molar-refractivity contribution is 0.613. The number of pyridine rings is 1. The van der Waals surface area contributed by atoms with Crippen molar-refractivity contribution < 1.29 is 4.42 Å². The smallest absolute Gasteiger partial charge is 0.193 e. The van der Waals surface area contributed by atoms with Crippen LogP contribution in [0.25, 0.3) is 22.3 Å². The second-order valence-electron chi connectivity index (χ2n) is 6.78. The Labute approximate surface area is 162 Å². The molecule has 140 valence electrons. The van der Waals surface area contributed by atoms with Gasteiger partial charge in [-0.25, -0.2) is 0 Å². The van der Waals surface area contributed by atoms with E-state index in [1.165, 1.54) is 0 Å². The highest BCUT2D eigenvalue weighted by molar-refractivity contribution is 5.82. The van der Waals surface area contributed by atoms with Crippen LogP contribution in [0.3, 0.4) is 0 Å². The fourth-order valence-electron chi connectivity index (χ4n) is 3.32. The molecule has 5 nitrogen and oxygen atoms in total. The Balaban J connectivity index is 1.70. The minimum atomic E-state index is -0.0433. The number of benzene rings is 2. The molecule has 0 aliphatic carbocycles. The van der Waals surface area contributed by atoms with Crippen LogP contribution in [0.5, 0.6) is 0 Å². The van der Waals surface area contributed by atoms with Crippen LogP contribution < -0.4 is 16.5 Å². The summed E-state index contributed by atoms with van der Waals surface area (Å²) in [4.78, 5) is 16.7. The minimum absolute atomic E-state index is 0.0433. The third kappa shape index (κ3) is 3.60. The van der Waals surface area contributed by atoms with Crippen molar-refractivity contribution in [2.75, 3.05) is 17.6 Å². The van der Waals surface area contributed by atoms with Crippen LogP contribution in [0.2, 0.25) is 0 Å². The lowest BCUT2D eigenvalue weighted by Gasteiger charge is -2.12. The molecule has 2 aromatic heterocycles. The molecular weight excluding hydrogens is 350 g/mol. The molecule has 0 spiro atoms. The fourth-order valence-corrected chi connectivity index (χ4v) is 3.32. The van der Waals surface area contributed by atoms with Gasteiger partial charge in [-0.2, -0.15) is 0 Å². The van der Waals surface area contributed by atoms with Crippen LogP contribution in [0.15, 0.2) is 76.2 Å². The Bertz CT molecular complexity index is 1180. The molecular formula is C23H21N3O2. The molecule has 2 aromatic carbocycles. The fraction of sp³-hybridized carbons (Fsp3) is 0.130. The number of para-hydroxylation sites is 2. The zero-order valence-electron chi connectivity index (χ0n) is 15.6. The summed E-state index contributed by atoms with van der Waals surface area (Å²) in [6.45, 7) is 2.66. The maximum atomic E-state index is 12.7. The maximum Gasteiger partial charge on any atom is 0.193 e. The molecule has 0 saturated carbocycles. The first-order valence-corrected chi connectivity index (χ1v) is 9.18. The van der Waals surface area contributed by atoms with E-state index in [-0.39, 0.29) is 5.43 Å². The molecule has 4 aromatic rings. The summed E-state index contributed by atoms with van der Waals surface area (Å²) in [5.41, 5.74) is 11.0. The summed E-state index contributed by atoms with van der Waals surface area (Å²) in [7, 11) is 0. The molecule has 0 aliphatic heterocycles. The largest absolute Gasteiger partial charge is 0.456 e. The Kier molecular flexibility index (Phi) is 4.81. The van der Waals surface area contributed by atoms with Crippen molar-refractivity contribution in [2.45, 2.75) is 13.3 Å². The van der Waals surface area contributed by atoms with E-state index in [0.717, 1.165) is 22.4 Å². The quantitative estimate of drug-likeness (QED) is 0.508. The molecule has 28 heavy (non-hydrogen) atoms. The van der Waals surface area contributed by atoms with Crippen molar-refractivity contribution >= 4 is 22.3 Å². The predicted octanol–water partition coefficient (Wildman–Crippen LogP) is 4.40. The maximum absolute atomic E-state index is 12.7. The summed E-state index contributed by atoms with van der Waals surface area (Å²) in [6, 6.07) is 16.8. The zero-order valence-corrected chi connectivity index (χ0v) is 15.6. The van der Waals surface area contributed by atoms with Crippen LogP contribution >= 0.6 is 0 Å². The van der Waals surface area contributed by atoms with E-state index >= 15 is 0 Å². The highest BCUT2D eigenvalue weighted by Gasteiger charge is 2.12. The van der Waals surface area contributed by atoms with E-state index in [4.69, 9.17) is 10.2 Å². The van der Waals surface area contributed by atoms with Gasteiger partial charge in [0.2, 0.25) is 0 Å². The summed E-state index contributed by atoms with van der Waals surface area (Å²) in [6.07, 6.45) is 4.07. The Hall–Kier alpha value is -3.60. The number of nitrogens with zero attached hydrogens (tertiary/aromatic N) is 1. The number of hydrogen-bond donors (Lipinski definition) is 2. The molecule has 0 radical (unpaired) electrons. The van der Waals surface area contributed by atoms with E-state index in [0.29, 0.717) is 35.4 Å². The van der Waals surface area contributed by atoms with Gasteiger partial charge in [0, 0.05) is 30.6 Å². The highest BCUT2D eigenvalue weighted by Crippen LogP contribution is 2.26. The number of nitrogens with one attached hydrogen (secondary N) is 1. The standard InChI is InChI=1S/C23H21N3O2/c1-15-12-17(8-11-26-20-5-3-2-4-19(20)24)23-18(13-15)21(27)14-22(28-23)16-6-9-25-10-7-16/h2-7,9-10,12-14,26H,8,11,24H2,1H3. The van der Waals surface area contributed by atoms with E-state index in [1.54, 1.807) is 18.5 Å². The number of hydrogen-bond acceptors (Lipinski definition) is 5. The Morgan fingerprint density at radius 3 is 2.64 bits per heavy atom. The highest BCUT2D eigenvalue weighted by atomic mass is 16.3. The molecule has 2 heterocycles. The first-order chi connectivity index (χ1) is 13.6. The first kappa shape index (κ1) is 17.8. The number of nitrogens with two attached hydrogens (primary N) is 1. The lowest BCUT2D eigenvalue weighted by Crippen LogP contribution is -2.09. The summed E-state index contributed by atoms with van der Waals surface area (Å²) in [5, 5.41) is 3.96. The second kappa shape index (κ2) is 7.56. The van der Waals surface area contributed by atoms with Gasteiger partial charge in [0.05, 0.1) is 16.8 Å². The van der Waals surface area contributed by atoms with Crippen molar-refractivity contribution in [3.8, 4) is 11.3 Å². The van der Waals surface area contributed by atoms with Crippen LogP contribution in [-0.4, -0.2) is 11.5 Å². The zero-order chi connectivity index (χ0) is 19.5. The van der Waals surface area contributed by atoms with Gasteiger partial charge < -0.3 is 15.5 Å². The monoisotopic (exact) mass is 371 g/mol. The topological polar surface area (TPSA) is 81.2 Å². The first-order valence-electron chi connectivity index (χ1n) is 9.18. The van der Waals surface area contributed by atoms with E-state index in [1.807, 2.05) is 49.4 Å². The van der Waals surface area contributed by atoms with Crippen molar-refractivity contribution in [1.29, 1.82) is 0 Å². The predicted molar refractivity (Wildman–Crippen MR) is 114 cm³/mol. The SMILES string of the molecule is Cc1cc(CCNc2ccccc2N)c2oc(-c3ccncc3)cc(=O)c2c1. The number of rotatable bonds is 5. The molecule has 3 N–H and O–H groups in total. The molecule has 0 aliphatic rings. The Morgan fingerprint density at radius 2 is 1.86 bits per heavy atom. The summed E-state index contributed by atoms with van der Waals surface area (Å²) < 4.78 is 6.16. The van der Waals surface area contributed by atoms with Crippen LogP contribution in [0, 0.1) is 6.92 Å². The van der Waals surface area contributed by atoms with Crippen LogP contribution in [-0.2, 0) is 6.42 Å². The molecule has 0 fully saturated rings. The number of aromatic nitrogens is 1. The molecule has 0 unspecified atom stereocenters. The third-order valence-corrected chi connectivity index (χ3v) is 4.69. The van der Waals surface area contributed by atoms with E-state index in [9.17, 15) is 4.79 Å². The van der Waals surface area contributed by atoms with Crippen LogP contribution in [0.1, 0.15) is 11.1 Å². The van der Waals surface area contributed by atoms with Crippen molar-refractivity contribution in [3.05, 3.63) is 88.3 Å². The molecule has 0 atom stereocenters. The molecule has 4 rings (SSSR count). The van der Waals surface area contributed by atoms with Crippen molar-refractivity contribution in [3.63, 3.8) is 0 Å². The van der Waals surface area contributed by atoms with Gasteiger partial charge >= 0.3 is 0 Å².